The van der Waals surface area contributed by atoms with Gasteiger partial charge in [-0.1, -0.05) is 39.5 Å². The maximum atomic E-state index is 11.9. The zero-order chi connectivity index (χ0) is 15.5. The minimum Gasteiger partial charge on any atom is -0.491 e. The number of carbonyl (C=O) groups excluding carboxylic acids is 1. The number of hydrogen-bond acceptors (Lipinski definition) is 4. The van der Waals surface area contributed by atoms with Gasteiger partial charge in [0.2, 0.25) is 0 Å². The van der Waals surface area contributed by atoms with Crippen molar-refractivity contribution in [1.82, 2.24) is 0 Å². The molecule has 0 spiro atoms. The van der Waals surface area contributed by atoms with Gasteiger partial charge >= 0.3 is 5.97 Å². The molecule has 1 aromatic carbocycles. The second-order valence-electron chi connectivity index (χ2n) is 5.15. The number of benzene rings is 1. The number of nitrogens with two attached hydrogens (primary N) is 1. The van der Waals surface area contributed by atoms with Gasteiger partial charge < -0.3 is 15.2 Å². The van der Waals surface area contributed by atoms with Gasteiger partial charge in [0.15, 0.2) is 0 Å². The first-order valence-electron chi connectivity index (χ1n) is 7.88. The van der Waals surface area contributed by atoms with E-state index in [0.29, 0.717) is 30.2 Å². The summed E-state index contributed by atoms with van der Waals surface area (Å²) in [6, 6.07) is 5.06. The lowest BCUT2D eigenvalue weighted by Crippen LogP contribution is -2.08. The molecule has 0 heterocycles. The first-order chi connectivity index (χ1) is 10.2. The van der Waals surface area contributed by atoms with Crippen LogP contribution in [0.1, 0.15) is 62.7 Å². The summed E-state index contributed by atoms with van der Waals surface area (Å²) in [6.07, 6.45) is 6.41. The van der Waals surface area contributed by atoms with Crippen LogP contribution < -0.4 is 10.5 Å². The van der Waals surface area contributed by atoms with E-state index in [1.807, 2.05) is 0 Å². The molecule has 0 amide bonds. The van der Waals surface area contributed by atoms with Gasteiger partial charge in [0.25, 0.3) is 0 Å². The summed E-state index contributed by atoms with van der Waals surface area (Å²) in [6.45, 7) is 5.36. The maximum absolute atomic E-state index is 11.9. The van der Waals surface area contributed by atoms with E-state index in [1.165, 1.54) is 12.8 Å². The van der Waals surface area contributed by atoms with Crippen LogP contribution in [0.3, 0.4) is 0 Å². The zero-order valence-corrected chi connectivity index (χ0v) is 13.2. The van der Waals surface area contributed by atoms with Crippen LogP contribution in [-0.4, -0.2) is 19.2 Å². The Kier molecular flexibility index (Phi) is 8.32. The van der Waals surface area contributed by atoms with Gasteiger partial charge in [0, 0.05) is 0 Å². The Morgan fingerprint density at radius 1 is 1.05 bits per heavy atom. The Labute approximate surface area is 127 Å². The van der Waals surface area contributed by atoms with Crippen LogP contribution in [0.15, 0.2) is 18.2 Å². The summed E-state index contributed by atoms with van der Waals surface area (Å²) in [7, 11) is 0. The minimum atomic E-state index is -0.321. The van der Waals surface area contributed by atoms with Crippen molar-refractivity contribution in [2.24, 2.45) is 0 Å². The Hall–Kier alpha value is -1.71. The number of nitrogen functional groups attached to an aromatic ring is 1. The Morgan fingerprint density at radius 3 is 2.48 bits per heavy atom. The van der Waals surface area contributed by atoms with Crippen LogP contribution in [0.25, 0.3) is 0 Å². The quantitative estimate of drug-likeness (QED) is 0.399. The van der Waals surface area contributed by atoms with E-state index in [4.69, 9.17) is 15.2 Å². The lowest BCUT2D eigenvalue weighted by atomic mass is 10.2. The van der Waals surface area contributed by atoms with Crippen molar-refractivity contribution < 1.29 is 14.3 Å². The molecular formula is C17H27NO3. The second-order valence-corrected chi connectivity index (χ2v) is 5.15. The fourth-order valence-electron chi connectivity index (χ4n) is 1.91. The molecule has 4 heteroatoms. The number of rotatable bonds is 10. The van der Waals surface area contributed by atoms with E-state index in [2.05, 4.69) is 13.8 Å². The molecule has 118 valence electrons. The fourth-order valence-corrected chi connectivity index (χ4v) is 1.91. The summed E-state index contributed by atoms with van der Waals surface area (Å²) >= 11 is 0. The third kappa shape index (κ3) is 6.52. The second kappa shape index (κ2) is 10.1. The standard InChI is InChI=1S/C17H27NO3/c1-3-5-7-8-12-21-17(19)14-9-10-16(15(18)13-14)20-11-6-4-2/h9-10,13H,3-8,11-12,18H2,1-2H3. The lowest BCUT2D eigenvalue weighted by Gasteiger charge is -2.10. The van der Waals surface area contributed by atoms with Crippen molar-refractivity contribution in [2.75, 3.05) is 18.9 Å². The van der Waals surface area contributed by atoms with Crippen LogP contribution in [0.4, 0.5) is 5.69 Å². The number of esters is 1. The average Bonchev–Trinajstić information content (AvgIpc) is 2.48. The average molecular weight is 293 g/mol. The third-order valence-corrected chi connectivity index (χ3v) is 3.23. The third-order valence-electron chi connectivity index (χ3n) is 3.23. The first kappa shape index (κ1) is 17.3. The molecule has 0 fully saturated rings. The van der Waals surface area contributed by atoms with Crippen molar-refractivity contribution >= 4 is 11.7 Å². The summed E-state index contributed by atoms with van der Waals surface area (Å²) < 4.78 is 10.8. The van der Waals surface area contributed by atoms with E-state index in [-0.39, 0.29) is 5.97 Å². The van der Waals surface area contributed by atoms with Crippen molar-refractivity contribution in [1.29, 1.82) is 0 Å². The molecule has 0 saturated heterocycles. The van der Waals surface area contributed by atoms with Crippen LogP contribution in [-0.2, 0) is 4.74 Å². The number of ether oxygens (including phenoxy) is 2. The highest BCUT2D eigenvalue weighted by Gasteiger charge is 2.10. The van der Waals surface area contributed by atoms with Gasteiger partial charge in [-0.05, 0) is 31.0 Å². The van der Waals surface area contributed by atoms with Gasteiger partial charge in [-0.15, -0.1) is 0 Å². The molecule has 0 aromatic heterocycles. The van der Waals surface area contributed by atoms with Gasteiger partial charge in [-0.2, -0.15) is 0 Å². The summed E-state index contributed by atoms with van der Waals surface area (Å²) in [5.41, 5.74) is 6.86. The molecule has 0 aliphatic rings. The topological polar surface area (TPSA) is 61.5 Å². The summed E-state index contributed by atoms with van der Waals surface area (Å²) in [5.74, 6) is 0.307. The van der Waals surface area contributed by atoms with Gasteiger partial charge in [0.1, 0.15) is 5.75 Å². The van der Waals surface area contributed by atoms with Crippen molar-refractivity contribution in [2.45, 2.75) is 52.4 Å². The fraction of sp³-hybridized carbons (Fsp3) is 0.588. The number of anilines is 1. The summed E-state index contributed by atoms with van der Waals surface area (Å²) in [5, 5.41) is 0. The number of carbonyl (C=O) groups is 1. The molecule has 2 N–H and O–H groups in total. The van der Waals surface area contributed by atoms with Crippen LogP contribution in [0.5, 0.6) is 5.75 Å². The van der Waals surface area contributed by atoms with Crippen molar-refractivity contribution in [3.63, 3.8) is 0 Å². The van der Waals surface area contributed by atoms with E-state index < -0.39 is 0 Å². The van der Waals surface area contributed by atoms with E-state index in [9.17, 15) is 4.79 Å². The van der Waals surface area contributed by atoms with Crippen LogP contribution in [0, 0.1) is 0 Å². The van der Waals surface area contributed by atoms with E-state index >= 15 is 0 Å². The highest BCUT2D eigenvalue weighted by atomic mass is 16.5. The predicted molar refractivity (Wildman–Crippen MR) is 85.7 cm³/mol. The Morgan fingerprint density at radius 2 is 1.81 bits per heavy atom. The SMILES string of the molecule is CCCCCCOC(=O)c1ccc(OCCCC)c(N)c1. The monoisotopic (exact) mass is 293 g/mol. The summed E-state index contributed by atoms with van der Waals surface area (Å²) in [4.78, 5) is 11.9. The van der Waals surface area contributed by atoms with E-state index in [0.717, 1.165) is 25.7 Å². The Bertz CT molecular complexity index is 432. The molecule has 4 nitrogen and oxygen atoms in total. The molecular weight excluding hydrogens is 266 g/mol. The highest BCUT2D eigenvalue weighted by Crippen LogP contribution is 2.23. The predicted octanol–water partition coefficient (Wildman–Crippen LogP) is 4.18. The van der Waals surface area contributed by atoms with Crippen LogP contribution >= 0.6 is 0 Å². The van der Waals surface area contributed by atoms with Crippen LogP contribution in [0.2, 0.25) is 0 Å². The molecule has 0 saturated carbocycles. The van der Waals surface area contributed by atoms with Crippen molar-refractivity contribution in [3.05, 3.63) is 23.8 Å². The zero-order valence-electron chi connectivity index (χ0n) is 13.2. The molecule has 0 bridgehead atoms. The van der Waals surface area contributed by atoms with E-state index in [1.54, 1.807) is 18.2 Å². The Balaban J connectivity index is 2.44. The maximum Gasteiger partial charge on any atom is 0.338 e. The number of unbranched alkanes of at least 4 members (excludes halogenated alkanes) is 4. The normalized spacial score (nSPS) is 10.4. The number of hydrogen-bond donors (Lipinski definition) is 1. The molecule has 0 radical (unpaired) electrons. The van der Waals surface area contributed by atoms with Crippen molar-refractivity contribution in [3.8, 4) is 5.75 Å². The molecule has 1 aromatic rings. The lowest BCUT2D eigenvalue weighted by molar-refractivity contribution is 0.0498. The highest BCUT2D eigenvalue weighted by molar-refractivity contribution is 5.91. The van der Waals surface area contributed by atoms with Gasteiger partial charge in [0.05, 0.1) is 24.5 Å². The molecule has 0 unspecified atom stereocenters. The van der Waals surface area contributed by atoms with Gasteiger partial charge in [-0.25, -0.2) is 4.79 Å². The molecule has 21 heavy (non-hydrogen) atoms. The molecule has 0 aliphatic heterocycles. The largest absolute Gasteiger partial charge is 0.491 e. The smallest absolute Gasteiger partial charge is 0.338 e. The van der Waals surface area contributed by atoms with Gasteiger partial charge in [-0.3, -0.25) is 0 Å². The molecule has 0 atom stereocenters. The molecule has 1 rings (SSSR count). The minimum absolute atomic E-state index is 0.321. The molecule has 0 aliphatic carbocycles. The first-order valence-corrected chi connectivity index (χ1v) is 7.88.